The number of aromatic amines is 1. The molecule has 10 nitrogen and oxygen atoms in total. The van der Waals surface area contributed by atoms with E-state index in [-0.39, 0.29) is 64.0 Å². The second-order valence-electron chi connectivity index (χ2n) is 12.5. The molecule has 3 amide bonds. The molecule has 3 heterocycles. The number of fused-ring (bicyclic) bond motifs is 9. The lowest BCUT2D eigenvalue weighted by Crippen LogP contribution is -2.42. The summed E-state index contributed by atoms with van der Waals surface area (Å²) in [5, 5.41) is 3.71. The predicted molar refractivity (Wildman–Crippen MR) is 182 cm³/mol. The maximum absolute atomic E-state index is 14.1. The Bertz CT molecular complexity index is 1960. The van der Waals surface area contributed by atoms with Gasteiger partial charge < -0.3 is 24.5 Å². The fourth-order valence-corrected chi connectivity index (χ4v) is 11.2. The highest BCUT2D eigenvalue weighted by atomic mass is 32.2. The van der Waals surface area contributed by atoms with Crippen LogP contribution in [0, 0.1) is 29.6 Å². The summed E-state index contributed by atoms with van der Waals surface area (Å²) in [5.41, 5.74) is 2.18. The van der Waals surface area contributed by atoms with Crippen molar-refractivity contribution < 1.29 is 28.6 Å². The highest BCUT2D eigenvalue weighted by Gasteiger charge is 2.69. The zero-order valence-corrected chi connectivity index (χ0v) is 27.8. The molecule has 1 aromatic heterocycles. The number of amides is 3. The minimum absolute atomic E-state index is 0.00541. The molecule has 2 aliphatic heterocycles. The number of aromatic nitrogens is 1. The van der Waals surface area contributed by atoms with Gasteiger partial charge in [0.15, 0.2) is 18.1 Å². The first-order valence-electron chi connectivity index (χ1n) is 16.0. The van der Waals surface area contributed by atoms with Crippen LogP contribution in [0.2, 0.25) is 0 Å². The monoisotopic (exact) mass is 683 g/mol. The van der Waals surface area contributed by atoms with Crippen LogP contribution in [0.3, 0.4) is 0 Å². The van der Waals surface area contributed by atoms with E-state index in [1.54, 1.807) is 55.3 Å². The summed E-state index contributed by atoms with van der Waals surface area (Å²) in [6.07, 6.45) is 0.789. The van der Waals surface area contributed by atoms with Crippen molar-refractivity contribution in [1.82, 2.24) is 4.98 Å². The number of hydrogen-bond donors (Lipinski definition) is 2. The minimum atomic E-state index is -0.414. The number of carbonyl (C=O) groups is 3. The molecular formula is C36H33N3O7S2. The van der Waals surface area contributed by atoms with Gasteiger partial charge in [0.05, 0.1) is 36.3 Å². The third-order valence-corrected chi connectivity index (χ3v) is 12.7. The van der Waals surface area contributed by atoms with Gasteiger partial charge in [-0.15, -0.1) is 11.8 Å². The Hall–Kier alpha value is -4.55. The van der Waals surface area contributed by atoms with E-state index in [1.807, 2.05) is 43.3 Å². The second-order valence-corrected chi connectivity index (χ2v) is 14.7. The van der Waals surface area contributed by atoms with E-state index in [4.69, 9.17) is 14.2 Å². The molecule has 0 spiro atoms. The van der Waals surface area contributed by atoms with Crippen molar-refractivity contribution in [2.75, 3.05) is 30.5 Å². The highest BCUT2D eigenvalue weighted by Crippen LogP contribution is 2.68. The van der Waals surface area contributed by atoms with Gasteiger partial charge in [-0.25, -0.2) is 0 Å². The third kappa shape index (κ3) is 5.00. The molecule has 0 radical (unpaired) electrons. The Kier molecular flexibility index (Phi) is 7.79. The summed E-state index contributed by atoms with van der Waals surface area (Å²) in [6.45, 7) is 2.07. The Balaban J connectivity index is 1.10. The molecule has 4 aliphatic rings. The average Bonchev–Trinajstić information content (AvgIpc) is 3.83. The van der Waals surface area contributed by atoms with Crippen LogP contribution in [0.15, 0.2) is 82.6 Å². The molecule has 7 atom stereocenters. The summed E-state index contributed by atoms with van der Waals surface area (Å²) in [4.78, 5) is 58.6. The number of nitrogens with one attached hydrogen (secondary N) is 2. The van der Waals surface area contributed by atoms with Crippen LogP contribution in [-0.4, -0.2) is 48.3 Å². The third-order valence-electron chi connectivity index (χ3n) is 10.1. The number of carbonyl (C=O) groups excluding carboxylic acids is 3. The van der Waals surface area contributed by atoms with Gasteiger partial charge in [0.1, 0.15) is 5.75 Å². The Morgan fingerprint density at radius 3 is 2.42 bits per heavy atom. The van der Waals surface area contributed by atoms with Gasteiger partial charge in [0, 0.05) is 21.7 Å². The van der Waals surface area contributed by atoms with E-state index in [0.717, 1.165) is 21.9 Å². The van der Waals surface area contributed by atoms with E-state index in [0.29, 0.717) is 35.2 Å². The number of anilines is 2. The van der Waals surface area contributed by atoms with E-state index >= 15 is 0 Å². The van der Waals surface area contributed by atoms with Gasteiger partial charge >= 0.3 is 4.87 Å². The topological polar surface area (TPSA) is 127 Å². The number of thiazole rings is 1. The summed E-state index contributed by atoms with van der Waals surface area (Å²) >= 11 is 2.85. The van der Waals surface area contributed by atoms with E-state index in [1.165, 1.54) is 16.2 Å². The highest BCUT2D eigenvalue weighted by molar-refractivity contribution is 8.00. The quantitative estimate of drug-likeness (QED) is 0.220. The molecule has 246 valence electrons. The number of benzene rings is 3. The first-order chi connectivity index (χ1) is 23.4. The van der Waals surface area contributed by atoms with Crippen LogP contribution in [0.1, 0.15) is 29.7 Å². The molecule has 1 saturated heterocycles. The van der Waals surface area contributed by atoms with Crippen molar-refractivity contribution in [2.45, 2.75) is 29.5 Å². The second kappa shape index (κ2) is 12.2. The van der Waals surface area contributed by atoms with Crippen molar-refractivity contribution >= 4 is 52.2 Å². The van der Waals surface area contributed by atoms with Crippen LogP contribution in [0.25, 0.3) is 0 Å². The molecule has 48 heavy (non-hydrogen) atoms. The SMILES string of the molecule is CCOc1cc([C@@H]2c3sc(=O)[nH]c3S[C@@H]3[C@@H]4C[C@@H]([C@@H]5C(=O)N(c6ccc(OC)cc6)C(=O)[C@@H]45)[C@H]23)ccc1OCC(=O)Nc1ccccc1. The molecule has 8 rings (SSSR count). The van der Waals surface area contributed by atoms with Crippen LogP contribution >= 0.6 is 23.1 Å². The van der Waals surface area contributed by atoms with Gasteiger partial charge in [0.2, 0.25) is 11.8 Å². The number of imide groups is 1. The van der Waals surface area contributed by atoms with Crippen molar-refractivity contribution in [1.29, 1.82) is 0 Å². The van der Waals surface area contributed by atoms with E-state index in [9.17, 15) is 19.2 Å². The number of thioether (sulfide) groups is 1. The lowest BCUT2D eigenvalue weighted by atomic mass is 9.68. The molecule has 2 aliphatic carbocycles. The lowest BCUT2D eigenvalue weighted by Gasteiger charge is -2.43. The summed E-state index contributed by atoms with van der Waals surface area (Å²) in [7, 11) is 1.58. The molecule has 3 fully saturated rings. The maximum Gasteiger partial charge on any atom is 0.305 e. The number of hydrogen-bond acceptors (Lipinski definition) is 9. The molecule has 2 bridgehead atoms. The largest absolute Gasteiger partial charge is 0.497 e. The predicted octanol–water partition coefficient (Wildman–Crippen LogP) is 5.54. The van der Waals surface area contributed by atoms with Crippen LogP contribution in [0.4, 0.5) is 11.4 Å². The maximum atomic E-state index is 14.1. The summed E-state index contributed by atoms with van der Waals surface area (Å²) in [5.74, 6) is 0.0411. The molecular weight excluding hydrogens is 651 g/mol. The van der Waals surface area contributed by atoms with Gasteiger partial charge in [-0.2, -0.15) is 0 Å². The molecule has 2 N–H and O–H groups in total. The Morgan fingerprint density at radius 1 is 0.938 bits per heavy atom. The molecule has 12 heteroatoms. The number of rotatable bonds is 9. The number of ether oxygens (including phenoxy) is 3. The van der Waals surface area contributed by atoms with Gasteiger partial charge in [0.25, 0.3) is 5.91 Å². The molecule has 0 unspecified atom stereocenters. The number of H-pyrrole nitrogens is 1. The smallest absolute Gasteiger partial charge is 0.305 e. The zero-order valence-electron chi connectivity index (χ0n) is 26.2. The van der Waals surface area contributed by atoms with Gasteiger partial charge in [-0.3, -0.25) is 24.1 Å². The standard InChI is InChI=1S/C36H33N3O7S2/c1-3-45-25-15-18(9-14-24(25)46-17-26(40)37-19-7-5-4-6-8-19)27-28-22-16-23(31(28)47-33-32(27)48-36(43)38-33)30-29(22)34(41)39(35(30)42)20-10-12-21(44-2)13-11-20/h4-15,22-23,27-31H,3,16-17H2,1-2H3,(H,37,40)(H,38,43)/t22-,23-,27+,28-,29+,30+,31-/m1/s1. The van der Waals surface area contributed by atoms with Crippen molar-refractivity contribution in [3.8, 4) is 17.2 Å². The lowest BCUT2D eigenvalue weighted by molar-refractivity contribution is -0.123. The molecule has 2 saturated carbocycles. The minimum Gasteiger partial charge on any atom is -0.497 e. The normalized spacial score (nSPS) is 26.5. The number of nitrogens with zero attached hydrogens (tertiary/aromatic N) is 1. The van der Waals surface area contributed by atoms with Crippen molar-refractivity contribution in [3.63, 3.8) is 0 Å². The number of methoxy groups -OCH3 is 1. The van der Waals surface area contributed by atoms with Gasteiger partial charge in [-0.1, -0.05) is 35.6 Å². The fraction of sp³-hybridized carbons (Fsp3) is 0.333. The van der Waals surface area contributed by atoms with Crippen molar-refractivity contribution in [2.24, 2.45) is 29.6 Å². The molecule has 4 aromatic rings. The average molecular weight is 684 g/mol. The van der Waals surface area contributed by atoms with Crippen LogP contribution in [-0.2, 0) is 14.4 Å². The van der Waals surface area contributed by atoms with Gasteiger partial charge in [-0.05, 0) is 85.2 Å². The van der Waals surface area contributed by atoms with Crippen LogP contribution in [0.5, 0.6) is 17.2 Å². The zero-order chi connectivity index (χ0) is 33.1. The first-order valence-corrected chi connectivity index (χ1v) is 17.7. The summed E-state index contributed by atoms with van der Waals surface area (Å²) in [6, 6.07) is 21.9. The van der Waals surface area contributed by atoms with Crippen molar-refractivity contribution in [3.05, 3.63) is 92.9 Å². The van der Waals surface area contributed by atoms with Crippen LogP contribution < -0.4 is 29.3 Å². The number of para-hydroxylation sites is 1. The van der Waals surface area contributed by atoms with E-state index in [2.05, 4.69) is 10.3 Å². The van der Waals surface area contributed by atoms with E-state index < -0.39 is 5.92 Å². The summed E-state index contributed by atoms with van der Waals surface area (Å²) < 4.78 is 17.2. The first kappa shape index (κ1) is 30.8. The fourth-order valence-electron chi connectivity index (χ4n) is 8.34. The Morgan fingerprint density at radius 2 is 1.69 bits per heavy atom. The Labute approximate surface area is 284 Å². The molecule has 3 aromatic carbocycles.